The summed E-state index contributed by atoms with van der Waals surface area (Å²) in [7, 11) is 0. The van der Waals surface area contributed by atoms with Crippen molar-refractivity contribution in [2.45, 2.75) is 31.8 Å². The van der Waals surface area contributed by atoms with Crippen molar-refractivity contribution >= 4 is 23.2 Å². The molecule has 1 unspecified atom stereocenters. The standard InChI is InChI=1S/C21H24FN3O2S/c1-15-6-10-28-19(15)20(27)25-9-7-21(14-25)13-24(8-5-18(26)23-21)12-16-3-2-4-17(22)11-16/h2-4,6,10-11H,5,7-9,12-14H2,1H3,(H,23,26). The lowest BCUT2D eigenvalue weighted by Gasteiger charge is -2.33. The molecule has 3 heterocycles. The fraction of sp³-hybridized carbons (Fsp3) is 0.429. The molecular weight excluding hydrogens is 377 g/mol. The predicted octanol–water partition coefficient (Wildman–Crippen LogP) is 2.80. The summed E-state index contributed by atoms with van der Waals surface area (Å²) in [5.74, 6) is -0.192. The summed E-state index contributed by atoms with van der Waals surface area (Å²) in [5.41, 5.74) is 1.44. The number of halogens is 1. The van der Waals surface area contributed by atoms with Gasteiger partial charge in [-0.15, -0.1) is 11.3 Å². The number of hydrogen-bond donors (Lipinski definition) is 1. The fourth-order valence-corrected chi connectivity index (χ4v) is 5.10. The van der Waals surface area contributed by atoms with Gasteiger partial charge in [-0.25, -0.2) is 4.39 Å². The number of benzene rings is 1. The van der Waals surface area contributed by atoms with Crippen molar-refractivity contribution in [3.05, 3.63) is 57.5 Å². The molecule has 4 rings (SSSR count). The van der Waals surface area contributed by atoms with E-state index < -0.39 is 5.54 Å². The Kier molecular flexibility index (Phi) is 5.21. The van der Waals surface area contributed by atoms with Crippen LogP contribution in [0.1, 0.15) is 33.6 Å². The maximum absolute atomic E-state index is 13.5. The van der Waals surface area contributed by atoms with E-state index in [2.05, 4.69) is 10.2 Å². The monoisotopic (exact) mass is 401 g/mol. The number of aryl methyl sites for hydroxylation is 1. The van der Waals surface area contributed by atoms with Gasteiger partial charge in [0.2, 0.25) is 5.91 Å². The molecule has 2 aliphatic heterocycles. The van der Waals surface area contributed by atoms with E-state index in [9.17, 15) is 14.0 Å². The molecule has 2 saturated heterocycles. The highest BCUT2D eigenvalue weighted by Crippen LogP contribution is 2.28. The summed E-state index contributed by atoms with van der Waals surface area (Å²) in [6.07, 6.45) is 1.14. The minimum atomic E-state index is -0.443. The van der Waals surface area contributed by atoms with E-state index in [-0.39, 0.29) is 17.6 Å². The van der Waals surface area contributed by atoms with Gasteiger partial charge in [0, 0.05) is 39.1 Å². The molecule has 2 aliphatic rings. The van der Waals surface area contributed by atoms with Crippen LogP contribution in [0.2, 0.25) is 0 Å². The first kappa shape index (κ1) is 19.1. The van der Waals surface area contributed by atoms with E-state index in [1.807, 2.05) is 29.3 Å². The van der Waals surface area contributed by atoms with Crippen molar-refractivity contribution in [3.8, 4) is 0 Å². The van der Waals surface area contributed by atoms with Crippen LogP contribution in [0.5, 0.6) is 0 Å². The summed E-state index contributed by atoms with van der Waals surface area (Å²) in [4.78, 5) is 30.1. The molecule has 1 atom stereocenters. The Bertz CT molecular complexity index is 899. The lowest BCUT2D eigenvalue weighted by Crippen LogP contribution is -2.55. The van der Waals surface area contributed by atoms with Crippen molar-refractivity contribution in [2.24, 2.45) is 0 Å². The van der Waals surface area contributed by atoms with Gasteiger partial charge >= 0.3 is 0 Å². The molecule has 7 heteroatoms. The van der Waals surface area contributed by atoms with Gasteiger partial charge in [-0.3, -0.25) is 14.5 Å². The Balaban J connectivity index is 1.50. The maximum Gasteiger partial charge on any atom is 0.264 e. The lowest BCUT2D eigenvalue weighted by atomic mass is 9.97. The normalized spacial score (nSPS) is 23.1. The minimum Gasteiger partial charge on any atom is -0.347 e. The quantitative estimate of drug-likeness (QED) is 0.861. The number of carbonyl (C=O) groups excluding carboxylic acids is 2. The SMILES string of the molecule is Cc1ccsc1C(=O)N1CCC2(CN(Cc3cccc(F)c3)CCC(=O)N2)C1. The van der Waals surface area contributed by atoms with Crippen molar-refractivity contribution in [3.63, 3.8) is 0 Å². The Morgan fingerprint density at radius 3 is 2.89 bits per heavy atom. The predicted molar refractivity (Wildman–Crippen MR) is 107 cm³/mol. The van der Waals surface area contributed by atoms with Crippen LogP contribution in [0.3, 0.4) is 0 Å². The molecule has 0 saturated carbocycles. The molecule has 2 aromatic rings. The van der Waals surface area contributed by atoms with Crippen LogP contribution in [0.25, 0.3) is 0 Å². The summed E-state index contributed by atoms with van der Waals surface area (Å²) in [5, 5.41) is 5.11. The van der Waals surface area contributed by atoms with Gasteiger partial charge in [0.05, 0.1) is 10.4 Å². The number of likely N-dealkylation sites (tertiary alicyclic amines) is 1. The first-order chi connectivity index (χ1) is 13.4. The molecule has 1 aromatic carbocycles. The zero-order chi connectivity index (χ0) is 19.7. The number of hydrogen-bond acceptors (Lipinski definition) is 4. The Morgan fingerprint density at radius 2 is 2.14 bits per heavy atom. The molecule has 0 radical (unpaired) electrons. The van der Waals surface area contributed by atoms with E-state index in [1.165, 1.54) is 23.5 Å². The number of amides is 2. The Labute approximate surface area is 168 Å². The highest BCUT2D eigenvalue weighted by molar-refractivity contribution is 7.12. The Hall–Kier alpha value is -2.25. The zero-order valence-corrected chi connectivity index (χ0v) is 16.7. The second-order valence-electron chi connectivity index (χ2n) is 7.83. The van der Waals surface area contributed by atoms with E-state index >= 15 is 0 Å². The smallest absolute Gasteiger partial charge is 0.264 e. The summed E-state index contributed by atoms with van der Waals surface area (Å²) >= 11 is 1.46. The molecule has 0 bridgehead atoms. The average Bonchev–Trinajstić information content (AvgIpc) is 3.22. The molecule has 28 heavy (non-hydrogen) atoms. The topological polar surface area (TPSA) is 52.7 Å². The average molecular weight is 402 g/mol. The highest BCUT2D eigenvalue weighted by atomic mass is 32.1. The second-order valence-corrected chi connectivity index (χ2v) is 8.74. The first-order valence-corrected chi connectivity index (χ1v) is 10.4. The van der Waals surface area contributed by atoms with Crippen LogP contribution in [0.4, 0.5) is 4.39 Å². The van der Waals surface area contributed by atoms with Gasteiger partial charge < -0.3 is 10.2 Å². The molecule has 148 valence electrons. The molecule has 1 N–H and O–H groups in total. The third kappa shape index (κ3) is 3.95. The minimum absolute atomic E-state index is 0.0170. The van der Waals surface area contributed by atoms with Crippen LogP contribution in [-0.4, -0.2) is 53.3 Å². The number of rotatable bonds is 3. The van der Waals surface area contributed by atoms with Crippen LogP contribution in [-0.2, 0) is 11.3 Å². The fourth-order valence-electron chi connectivity index (χ4n) is 4.21. The molecule has 2 amide bonds. The van der Waals surface area contributed by atoms with Crippen LogP contribution >= 0.6 is 11.3 Å². The van der Waals surface area contributed by atoms with E-state index in [0.29, 0.717) is 39.1 Å². The molecular formula is C21H24FN3O2S. The molecule has 2 fully saturated rings. The van der Waals surface area contributed by atoms with Gasteiger partial charge in [0.1, 0.15) is 5.82 Å². The molecule has 1 spiro atoms. The van der Waals surface area contributed by atoms with Crippen molar-refractivity contribution in [1.29, 1.82) is 0 Å². The van der Waals surface area contributed by atoms with E-state index in [0.717, 1.165) is 22.4 Å². The van der Waals surface area contributed by atoms with Crippen molar-refractivity contribution in [1.82, 2.24) is 15.1 Å². The largest absolute Gasteiger partial charge is 0.347 e. The molecule has 1 aromatic heterocycles. The van der Waals surface area contributed by atoms with Crippen molar-refractivity contribution < 1.29 is 14.0 Å². The first-order valence-electron chi connectivity index (χ1n) is 9.55. The lowest BCUT2D eigenvalue weighted by molar-refractivity contribution is -0.122. The summed E-state index contributed by atoms with van der Waals surface area (Å²) in [6, 6.07) is 8.54. The van der Waals surface area contributed by atoms with Crippen LogP contribution in [0, 0.1) is 12.7 Å². The van der Waals surface area contributed by atoms with Crippen molar-refractivity contribution in [2.75, 3.05) is 26.2 Å². The maximum atomic E-state index is 13.5. The van der Waals surface area contributed by atoms with Crippen LogP contribution in [0.15, 0.2) is 35.7 Å². The third-order valence-electron chi connectivity index (χ3n) is 5.58. The van der Waals surface area contributed by atoms with Gasteiger partial charge in [-0.2, -0.15) is 0 Å². The zero-order valence-electron chi connectivity index (χ0n) is 15.9. The van der Waals surface area contributed by atoms with Crippen LogP contribution < -0.4 is 5.32 Å². The number of nitrogens with one attached hydrogen (secondary N) is 1. The van der Waals surface area contributed by atoms with E-state index in [4.69, 9.17) is 0 Å². The summed E-state index contributed by atoms with van der Waals surface area (Å²) < 4.78 is 13.5. The number of thiophene rings is 1. The van der Waals surface area contributed by atoms with Gasteiger partial charge in [0.25, 0.3) is 5.91 Å². The second kappa shape index (κ2) is 7.64. The van der Waals surface area contributed by atoms with Gasteiger partial charge in [0.15, 0.2) is 0 Å². The molecule has 5 nitrogen and oxygen atoms in total. The Morgan fingerprint density at radius 1 is 1.29 bits per heavy atom. The highest BCUT2D eigenvalue weighted by Gasteiger charge is 2.44. The van der Waals surface area contributed by atoms with Gasteiger partial charge in [-0.1, -0.05) is 12.1 Å². The summed E-state index contributed by atoms with van der Waals surface area (Å²) in [6.45, 7) is 4.96. The number of carbonyl (C=O) groups is 2. The van der Waals surface area contributed by atoms with E-state index in [1.54, 1.807) is 6.07 Å². The molecule has 0 aliphatic carbocycles. The third-order valence-corrected chi connectivity index (χ3v) is 6.58. The number of nitrogens with zero attached hydrogens (tertiary/aromatic N) is 2. The van der Waals surface area contributed by atoms with Gasteiger partial charge in [-0.05, 0) is 48.1 Å².